The summed E-state index contributed by atoms with van der Waals surface area (Å²) in [6.45, 7) is 8.04. The molecule has 1 N–H and O–H groups in total. The molecule has 2 aromatic rings. The van der Waals surface area contributed by atoms with Gasteiger partial charge in [-0.3, -0.25) is 14.5 Å². The molecule has 2 fully saturated rings. The second-order valence-corrected chi connectivity index (χ2v) is 12.8. The van der Waals surface area contributed by atoms with E-state index in [2.05, 4.69) is 13.8 Å². The van der Waals surface area contributed by atoms with Gasteiger partial charge in [-0.25, -0.2) is 9.18 Å². The number of carbonyl (C=O) groups excluding carboxylic acids is 2. The van der Waals surface area contributed by atoms with E-state index in [9.17, 15) is 23.9 Å². The maximum absolute atomic E-state index is 14.4. The fourth-order valence-corrected chi connectivity index (χ4v) is 7.42. The van der Waals surface area contributed by atoms with Crippen LogP contribution in [0.3, 0.4) is 0 Å². The van der Waals surface area contributed by atoms with Crippen LogP contribution in [0.25, 0.3) is 0 Å². The van der Waals surface area contributed by atoms with E-state index in [4.69, 9.17) is 9.47 Å². The molecule has 10 nitrogen and oxygen atoms in total. The van der Waals surface area contributed by atoms with Crippen molar-refractivity contribution < 1.29 is 33.4 Å². The number of halogens is 1. The number of likely N-dealkylation sites (tertiary alicyclic amines) is 1. The van der Waals surface area contributed by atoms with Crippen LogP contribution in [0.4, 0.5) is 14.9 Å². The fourth-order valence-electron chi connectivity index (χ4n) is 7.42. The lowest BCUT2D eigenvalue weighted by atomic mass is 9.84. The Balaban J connectivity index is 1.48. The summed E-state index contributed by atoms with van der Waals surface area (Å²) in [4.78, 5) is 47.6. The molecular weight excluding hydrogens is 591 g/mol. The zero-order chi connectivity index (χ0) is 33.0. The molecule has 3 aliphatic rings. The standard InChI is InChI=1S/C35H47FN4O6/c1-5-8-25(9-6-2)40(26-11-12-28(36)23(3)18-26)32(41)21-39-20-27(24-10-13-30-31(19-24)46-22-45-30)33(34(42)43)29(39)14-17-38-16-7-15-37(4)35(38)44/h10-13,18-19,25,27,29,33H,5-9,14-17,20-22H2,1-4H3,(H,42,43)/t27-,29+,33-/m1/s1. The highest BCUT2D eigenvalue weighted by atomic mass is 19.1. The van der Waals surface area contributed by atoms with E-state index in [1.165, 1.54) is 6.07 Å². The molecule has 3 atom stereocenters. The molecule has 0 aliphatic carbocycles. The molecule has 3 aliphatic heterocycles. The Morgan fingerprint density at radius 1 is 1.07 bits per heavy atom. The minimum absolute atomic E-state index is 0.00367. The Kier molecular flexibility index (Phi) is 10.7. The van der Waals surface area contributed by atoms with Crippen molar-refractivity contribution in [1.29, 1.82) is 0 Å². The number of benzene rings is 2. The second kappa shape index (κ2) is 14.7. The molecule has 11 heteroatoms. The van der Waals surface area contributed by atoms with Crippen LogP contribution in [0.5, 0.6) is 11.5 Å². The van der Waals surface area contributed by atoms with Crippen molar-refractivity contribution >= 4 is 23.6 Å². The van der Waals surface area contributed by atoms with Gasteiger partial charge in [0.2, 0.25) is 12.7 Å². The minimum atomic E-state index is -0.939. The monoisotopic (exact) mass is 638 g/mol. The molecule has 250 valence electrons. The molecule has 0 saturated carbocycles. The van der Waals surface area contributed by atoms with Crippen LogP contribution in [0, 0.1) is 18.7 Å². The molecule has 0 spiro atoms. The Morgan fingerprint density at radius 3 is 2.50 bits per heavy atom. The Morgan fingerprint density at radius 2 is 1.80 bits per heavy atom. The first-order valence-electron chi connectivity index (χ1n) is 16.6. The largest absolute Gasteiger partial charge is 0.481 e. The lowest BCUT2D eigenvalue weighted by Crippen LogP contribution is -2.50. The van der Waals surface area contributed by atoms with Gasteiger partial charge in [0.05, 0.1) is 12.5 Å². The van der Waals surface area contributed by atoms with Gasteiger partial charge in [0.15, 0.2) is 11.5 Å². The summed E-state index contributed by atoms with van der Waals surface area (Å²) in [5.74, 6) is -1.44. The summed E-state index contributed by atoms with van der Waals surface area (Å²) in [7, 11) is 1.78. The van der Waals surface area contributed by atoms with Crippen LogP contribution in [0.15, 0.2) is 36.4 Å². The number of aryl methyl sites for hydroxylation is 1. The van der Waals surface area contributed by atoms with Gasteiger partial charge in [-0.1, -0.05) is 32.8 Å². The van der Waals surface area contributed by atoms with Crippen LogP contribution in [-0.4, -0.2) is 96.4 Å². The van der Waals surface area contributed by atoms with E-state index < -0.39 is 23.8 Å². The molecule has 2 aromatic carbocycles. The number of aliphatic carboxylic acids is 1. The molecule has 5 rings (SSSR count). The third-order valence-electron chi connectivity index (χ3n) is 9.71. The number of amides is 3. The number of fused-ring (bicyclic) bond motifs is 1. The first kappa shape index (κ1) is 33.5. The molecule has 46 heavy (non-hydrogen) atoms. The predicted molar refractivity (Wildman–Crippen MR) is 173 cm³/mol. The van der Waals surface area contributed by atoms with Crippen LogP contribution in [-0.2, 0) is 9.59 Å². The van der Waals surface area contributed by atoms with Gasteiger partial charge in [-0.2, -0.15) is 0 Å². The minimum Gasteiger partial charge on any atom is -0.481 e. The van der Waals surface area contributed by atoms with Crippen LogP contribution < -0.4 is 14.4 Å². The number of hydrogen-bond acceptors (Lipinski definition) is 6. The summed E-state index contributed by atoms with van der Waals surface area (Å²) >= 11 is 0. The van der Waals surface area contributed by atoms with Crippen molar-refractivity contribution in [3.63, 3.8) is 0 Å². The number of nitrogens with zero attached hydrogens (tertiary/aromatic N) is 4. The SMILES string of the molecule is CCCC(CCC)N(C(=O)CN1C[C@H](c2ccc3c(c2)OCO3)[C@@H](C(=O)O)[C@@H]1CCN1CCCN(C)C1=O)c1ccc(F)c(C)c1. The van der Waals surface area contributed by atoms with Gasteiger partial charge < -0.3 is 29.3 Å². The summed E-state index contributed by atoms with van der Waals surface area (Å²) < 4.78 is 25.4. The maximum Gasteiger partial charge on any atom is 0.319 e. The molecule has 0 aromatic heterocycles. The zero-order valence-electron chi connectivity index (χ0n) is 27.4. The molecule has 0 bridgehead atoms. The molecule has 0 radical (unpaired) electrons. The molecule has 3 amide bonds. The molecular formula is C35H47FN4O6. The number of ether oxygens (including phenoxy) is 2. The number of carbonyl (C=O) groups is 3. The quantitative estimate of drug-likeness (QED) is 0.310. The van der Waals surface area contributed by atoms with E-state index in [1.54, 1.807) is 42.0 Å². The van der Waals surface area contributed by atoms with Crippen molar-refractivity contribution in [2.45, 2.75) is 77.3 Å². The lowest BCUT2D eigenvalue weighted by Gasteiger charge is -2.36. The van der Waals surface area contributed by atoms with E-state index in [0.29, 0.717) is 55.3 Å². The topological polar surface area (TPSA) is 103 Å². The van der Waals surface area contributed by atoms with Gasteiger partial charge in [0, 0.05) is 56.9 Å². The summed E-state index contributed by atoms with van der Waals surface area (Å²) in [6, 6.07) is 9.69. The van der Waals surface area contributed by atoms with Crippen molar-refractivity contribution in [1.82, 2.24) is 14.7 Å². The van der Waals surface area contributed by atoms with Crippen LogP contribution in [0.1, 0.15) is 69.4 Å². The van der Waals surface area contributed by atoms with Crippen LogP contribution in [0.2, 0.25) is 0 Å². The third kappa shape index (κ3) is 7.09. The van der Waals surface area contributed by atoms with E-state index >= 15 is 0 Å². The van der Waals surface area contributed by atoms with E-state index in [-0.39, 0.29) is 37.1 Å². The number of carboxylic acid groups (broad SMARTS) is 1. The molecule has 3 heterocycles. The second-order valence-electron chi connectivity index (χ2n) is 12.8. The fraction of sp³-hybridized carbons (Fsp3) is 0.571. The third-order valence-corrected chi connectivity index (χ3v) is 9.71. The van der Waals surface area contributed by atoms with E-state index in [0.717, 1.165) is 37.7 Å². The van der Waals surface area contributed by atoms with E-state index in [1.807, 2.05) is 21.9 Å². The Labute approximate surface area is 271 Å². The highest BCUT2D eigenvalue weighted by molar-refractivity contribution is 5.95. The lowest BCUT2D eigenvalue weighted by molar-refractivity contribution is -0.143. The van der Waals surface area contributed by atoms with Crippen molar-refractivity contribution in [2.75, 3.05) is 51.5 Å². The van der Waals surface area contributed by atoms with Crippen molar-refractivity contribution in [2.24, 2.45) is 5.92 Å². The smallest absolute Gasteiger partial charge is 0.319 e. The average Bonchev–Trinajstić information content (AvgIpc) is 3.64. The number of hydrogen-bond donors (Lipinski definition) is 1. The zero-order valence-corrected chi connectivity index (χ0v) is 27.4. The highest BCUT2D eigenvalue weighted by Gasteiger charge is 2.48. The predicted octanol–water partition coefficient (Wildman–Crippen LogP) is 5.48. The maximum atomic E-state index is 14.4. The van der Waals surface area contributed by atoms with Gasteiger partial charge in [-0.15, -0.1) is 0 Å². The Hall–Kier alpha value is -3.86. The highest BCUT2D eigenvalue weighted by Crippen LogP contribution is 2.43. The Bertz CT molecular complexity index is 1420. The summed E-state index contributed by atoms with van der Waals surface area (Å²) in [5, 5.41) is 10.7. The molecule has 2 saturated heterocycles. The number of anilines is 1. The number of carboxylic acids is 1. The van der Waals surface area contributed by atoms with Gasteiger partial charge in [0.25, 0.3) is 0 Å². The normalized spacial score (nSPS) is 21.3. The van der Waals surface area contributed by atoms with Gasteiger partial charge in [0.1, 0.15) is 5.82 Å². The average molecular weight is 639 g/mol. The summed E-state index contributed by atoms with van der Waals surface area (Å²) in [5.41, 5.74) is 1.92. The van der Waals surface area contributed by atoms with Crippen molar-refractivity contribution in [3.8, 4) is 11.5 Å². The van der Waals surface area contributed by atoms with Crippen molar-refractivity contribution in [3.05, 3.63) is 53.3 Å². The number of urea groups is 1. The molecule has 0 unspecified atom stereocenters. The van der Waals surface area contributed by atoms with Gasteiger partial charge in [-0.05, 0) is 74.1 Å². The van der Waals surface area contributed by atoms with Crippen LogP contribution >= 0.6 is 0 Å². The first-order chi connectivity index (χ1) is 22.1. The number of rotatable bonds is 13. The van der Waals surface area contributed by atoms with Gasteiger partial charge >= 0.3 is 12.0 Å². The first-order valence-corrected chi connectivity index (χ1v) is 16.6. The summed E-state index contributed by atoms with van der Waals surface area (Å²) in [6.07, 6.45) is 4.61.